The number of nitrogens with zero attached hydrogens (tertiary/aromatic N) is 1. The molecule has 1 aromatic carbocycles. The Labute approximate surface area is 166 Å². The lowest BCUT2D eigenvalue weighted by molar-refractivity contribution is -0.141. The van der Waals surface area contributed by atoms with Crippen LogP contribution in [0.3, 0.4) is 0 Å². The van der Waals surface area contributed by atoms with Gasteiger partial charge in [-0.2, -0.15) is 0 Å². The van der Waals surface area contributed by atoms with Crippen molar-refractivity contribution in [2.45, 2.75) is 52.0 Å². The summed E-state index contributed by atoms with van der Waals surface area (Å²) >= 11 is 0. The third-order valence-electron chi connectivity index (χ3n) is 6.74. The Balaban J connectivity index is 1.59. The molecule has 4 nitrogen and oxygen atoms in total. The number of carbonyl (C=O) groups excluding carboxylic acids is 1. The maximum absolute atomic E-state index is 13.8. The van der Waals surface area contributed by atoms with E-state index in [4.69, 9.17) is 0 Å². The lowest BCUT2D eigenvalue weighted by Gasteiger charge is -2.41. The summed E-state index contributed by atoms with van der Waals surface area (Å²) in [7, 11) is 2.00. The Hall–Kier alpha value is -1.88. The summed E-state index contributed by atoms with van der Waals surface area (Å²) in [4.78, 5) is 19.1. The lowest BCUT2D eigenvalue weighted by Crippen LogP contribution is -2.45. The molecule has 1 aliphatic heterocycles. The van der Waals surface area contributed by atoms with Gasteiger partial charge in [0.15, 0.2) is 0 Å². The van der Waals surface area contributed by atoms with E-state index in [1.54, 1.807) is 6.07 Å². The molecule has 2 heterocycles. The van der Waals surface area contributed by atoms with Crippen molar-refractivity contribution >= 4 is 16.8 Å². The van der Waals surface area contributed by atoms with Crippen LogP contribution in [0, 0.1) is 23.6 Å². The van der Waals surface area contributed by atoms with Crippen LogP contribution >= 0.6 is 0 Å². The number of H-pyrrole nitrogens is 1. The van der Waals surface area contributed by atoms with Crippen LogP contribution in [0.1, 0.15) is 56.8 Å². The van der Waals surface area contributed by atoms with Gasteiger partial charge in [-0.3, -0.25) is 4.79 Å². The maximum atomic E-state index is 13.8. The third-order valence-corrected chi connectivity index (χ3v) is 6.74. The fourth-order valence-electron chi connectivity index (χ4n) is 5.37. The van der Waals surface area contributed by atoms with Crippen LogP contribution < -0.4 is 5.32 Å². The minimum Gasteiger partial charge on any atom is -0.356 e. The number of rotatable bonds is 4. The number of carbonyl (C=O) groups is 1. The summed E-state index contributed by atoms with van der Waals surface area (Å²) in [5, 5.41) is 4.24. The Bertz CT molecular complexity index is 851. The third kappa shape index (κ3) is 3.45. The molecule has 0 saturated heterocycles. The van der Waals surface area contributed by atoms with Gasteiger partial charge in [0, 0.05) is 29.1 Å². The number of fused-ring (bicyclic) bond motifs is 3. The van der Waals surface area contributed by atoms with Crippen molar-refractivity contribution in [3.8, 4) is 0 Å². The zero-order valence-corrected chi connectivity index (χ0v) is 17.2. The fourth-order valence-corrected chi connectivity index (χ4v) is 5.37. The van der Waals surface area contributed by atoms with Crippen molar-refractivity contribution < 1.29 is 9.18 Å². The molecule has 1 aromatic heterocycles. The standard InChI is InChI=1S/C23H32FN3O/c1-14(2)22-21-18(19-12-17(24)8-9-20(19)26-21)10-11-27(22)23(28)16-6-4-15(5-7-16)13-25-3/h8-9,12,14-16,22,25-26H,4-7,10-11,13H2,1-3H3. The first-order chi connectivity index (χ1) is 13.5. The average molecular weight is 386 g/mol. The molecule has 2 N–H and O–H groups in total. The van der Waals surface area contributed by atoms with Gasteiger partial charge in [0.25, 0.3) is 0 Å². The number of nitrogens with one attached hydrogen (secondary N) is 2. The van der Waals surface area contributed by atoms with Crippen LogP contribution in [0.25, 0.3) is 10.9 Å². The topological polar surface area (TPSA) is 48.1 Å². The molecule has 1 aliphatic carbocycles. The van der Waals surface area contributed by atoms with E-state index in [0.717, 1.165) is 61.8 Å². The maximum Gasteiger partial charge on any atom is 0.226 e. The highest BCUT2D eigenvalue weighted by Crippen LogP contribution is 2.40. The molecule has 2 aliphatic rings. The quantitative estimate of drug-likeness (QED) is 0.819. The van der Waals surface area contributed by atoms with Gasteiger partial charge in [-0.15, -0.1) is 0 Å². The summed E-state index contributed by atoms with van der Waals surface area (Å²) in [5.74, 6) is 1.27. The van der Waals surface area contributed by atoms with Gasteiger partial charge in [0.1, 0.15) is 5.82 Å². The Morgan fingerprint density at radius 3 is 2.71 bits per heavy atom. The lowest BCUT2D eigenvalue weighted by atomic mass is 9.80. The monoisotopic (exact) mass is 385 g/mol. The van der Waals surface area contributed by atoms with Gasteiger partial charge in [0.05, 0.1) is 6.04 Å². The molecule has 1 fully saturated rings. The first-order valence-electron chi connectivity index (χ1n) is 10.7. The summed E-state index contributed by atoms with van der Waals surface area (Å²) in [6.45, 7) is 6.13. The number of aromatic nitrogens is 1. The molecule has 0 radical (unpaired) electrons. The second-order valence-corrected chi connectivity index (χ2v) is 8.95. The van der Waals surface area contributed by atoms with Crippen molar-refractivity contribution in [1.29, 1.82) is 0 Å². The van der Waals surface area contributed by atoms with Gasteiger partial charge in [-0.1, -0.05) is 13.8 Å². The van der Waals surface area contributed by atoms with Gasteiger partial charge in [-0.05, 0) is 81.3 Å². The van der Waals surface area contributed by atoms with Gasteiger partial charge in [-0.25, -0.2) is 4.39 Å². The number of halogens is 1. The molecule has 1 atom stereocenters. The van der Waals surface area contributed by atoms with E-state index in [9.17, 15) is 9.18 Å². The second-order valence-electron chi connectivity index (χ2n) is 8.95. The summed E-state index contributed by atoms with van der Waals surface area (Å²) in [5.41, 5.74) is 3.27. The first-order valence-corrected chi connectivity index (χ1v) is 10.7. The molecule has 1 unspecified atom stereocenters. The smallest absolute Gasteiger partial charge is 0.226 e. The molecule has 4 rings (SSSR count). The number of aromatic amines is 1. The summed E-state index contributed by atoms with van der Waals surface area (Å²) in [6.07, 6.45) is 5.06. The van der Waals surface area contributed by atoms with E-state index in [1.165, 1.54) is 11.6 Å². The zero-order valence-electron chi connectivity index (χ0n) is 17.2. The Kier molecular flexibility index (Phi) is 5.46. The molecule has 0 spiro atoms. The molecule has 1 amide bonds. The molecule has 28 heavy (non-hydrogen) atoms. The van der Waals surface area contributed by atoms with Crippen LogP contribution in [0.2, 0.25) is 0 Å². The van der Waals surface area contributed by atoms with Crippen molar-refractivity contribution in [2.75, 3.05) is 20.1 Å². The molecule has 1 saturated carbocycles. The SMILES string of the molecule is CNCC1CCC(C(=O)N2CCc3c([nH]c4ccc(F)cc34)C2C(C)C)CC1. The predicted octanol–water partition coefficient (Wildman–Crippen LogP) is 4.41. The first kappa shape index (κ1) is 19.4. The number of amides is 1. The average Bonchev–Trinajstić information content (AvgIpc) is 3.05. The van der Waals surface area contributed by atoms with Crippen LogP contribution in [0.15, 0.2) is 18.2 Å². The normalized spacial score (nSPS) is 25.3. The molecular formula is C23H32FN3O. The summed E-state index contributed by atoms with van der Waals surface area (Å²) in [6, 6.07) is 4.99. The zero-order chi connectivity index (χ0) is 19.8. The van der Waals surface area contributed by atoms with E-state index in [-0.39, 0.29) is 17.8 Å². The predicted molar refractivity (Wildman–Crippen MR) is 111 cm³/mol. The highest BCUT2D eigenvalue weighted by Gasteiger charge is 2.38. The van der Waals surface area contributed by atoms with Gasteiger partial charge in [0.2, 0.25) is 5.91 Å². The van der Waals surface area contributed by atoms with Crippen LogP contribution in [-0.4, -0.2) is 35.9 Å². The van der Waals surface area contributed by atoms with Crippen molar-refractivity contribution in [3.63, 3.8) is 0 Å². The number of hydrogen-bond acceptors (Lipinski definition) is 2. The van der Waals surface area contributed by atoms with Gasteiger partial charge >= 0.3 is 0 Å². The number of benzene rings is 1. The minimum atomic E-state index is -0.202. The molecule has 5 heteroatoms. The van der Waals surface area contributed by atoms with E-state index in [0.29, 0.717) is 17.7 Å². The van der Waals surface area contributed by atoms with Crippen LogP contribution in [-0.2, 0) is 11.2 Å². The minimum absolute atomic E-state index is 0.0433. The van der Waals surface area contributed by atoms with Crippen molar-refractivity contribution in [2.24, 2.45) is 17.8 Å². The van der Waals surface area contributed by atoms with E-state index in [1.807, 2.05) is 13.1 Å². The Morgan fingerprint density at radius 1 is 1.29 bits per heavy atom. The summed E-state index contributed by atoms with van der Waals surface area (Å²) < 4.78 is 13.8. The number of hydrogen-bond donors (Lipinski definition) is 2. The van der Waals surface area contributed by atoms with Crippen molar-refractivity contribution in [3.05, 3.63) is 35.3 Å². The van der Waals surface area contributed by atoms with E-state index >= 15 is 0 Å². The van der Waals surface area contributed by atoms with E-state index in [2.05, 4.69) is 29.0 Å². The molecule has 2 aromatic rings. The Morgan fingerprint density at radius 2 is 2.04 bits per heavy atom. The molecular weight excluding hydrogens is 353 g/mol. The molecule has 152 valence electrons. The fraction of sp³-hybridized carbons (Fsp3) is 0.609. The highest BCUT2D eigenvalue weighted by molar-refractivity contribution is 5.86. The van der Waals surface area contributed by atoms with Crippen LogP contribution in [0.4, 0.5) is 4.39 Å². The largest absolute Gasteiger partial charge is 0.356 e. The highest BCUT2D eigenvalue weighted by atomic mass is 19.1. The van der Waals surface area contributed by atoms with E-state index < -0.39 is 0 Å². The van der Waals surface area contributed by atoms with Gasteiger partial charge < -0.3 is 15.2 Å². The van der Waals surface area contributed by atoms with Crippen LogP contribution in [0.5, 0.6) is 0 Å². The molecule has 0 bridgehead atoms. The van der Waals surface area contributed by atoms with Crippen molar-refractivity contribution in [1.82, 2.24) is 15.2 Å². The second kappa shape index (κ2) is 7.86.